The average molecular weight is 281 g/mol. The Labute approximate surface area is 124 Å². The number of ether oxygens (including phenoxy) is 1. The fourth-order valence-electron chi connectivity index (χ4n) is 3.02. The molecule has 2 aromatic rings. The highest BCUT2D eigenvalue weighted by Crippen LogP contribution is 2.39. The van der Waals surface area contributed by atoms with E-state index in [-0.39, 0.29) is 6.23 Å². The Morgan fingerprint density at radius 3 is 2.48 bits per heavy atom. The number of hydrogen-bond acceptors (Lipinski definition) is 4. The van der Waals surface area contributed by atoms with E-state index in [0.717, 1.165) is 43.3 Å². The van der Waals surface area contributed by atoms with E-state index in [1.54, 1.807) is 0 Å². The molecular weight excluding hydrogens is 262 g/mol. The molecule has 2 N–H and O–H groups in total. The predicted molar refractivity (Wildman–Crippen MR) is 84.0 cm³/mol. The van der Waals surface area contributed by atoms with E-state index in [2.05, 4.69) is 45.9 Å². The van der Waals surface area contributed by atoms with Crippen molar-refractivity contribution in [3.05, 3.63) is 54.1 Å². The third-order valence-corrected chi connectivity index (χ3v) is 4.11. The molecule has 0 spiro atoms. The molecule has 1 fully saturated rings. The quantitative estimate of drug-likeness (QED) is 0.842. The number of fused-ring (bicyclic) bond motifs is 2. The third kappa shape index (κ3) is 2.37. The van der Waals surface area contributed by atoms with Gasteiger partial charge in [0.15, 0.2) is 6.23 Å². The van der Waals surface area contributed by atoms with Crippen LogP contribution in [0.3, 0.4) is 0 Å². The maximum atomic E-state index is 6.36. The van der Waals surface area contributed by atoms with Gasteiger partial charge in [-0.15, -0.1) is 0 Å². The fraction of sp³-hybridized carbons (Fsp3) is 0.294. The van der Waals surface area contributed by atoms with E-state index >= 15 is 0 Å². The number of rotatable bonds is 1. The number of benzene rings is 2. The van der Waals surface area contributed by atoms with Gasteiger partial charge in [0.05, 0.1) is 5.69 Å². The predicted octanol–water partition coefficient (Wildman–Crippen LogP) is 2.73. The van der Waals surface area contributed by atoms with Gasteiger partial charge in [0.2, 0.25) is 0 Å². The van der Waals surface area contributed by atoms with Gasteiger partial charge in [0, 0.05) is 37.4 Å². The second-order valence-electron chi connectivity index (χ2n) is 5.46. The van der Waals surface area contributed by atoms with Gasteiger partial charge in [-0.2, -0.15) is 0 Å². The number of anilines is 2. The molecule has 0 radical (unpaired) electrons. The normalized spacial score (nSPS) is 21.4. The first kappa shape index (κ1) is 12.7. The minimum Gasteiger partial charge on any atom is -0.469 e. The second-order valence-corrected chi connectivity index (χ2v) is 5.46. The Bertz CT molecular complexity index is 637. The molecule has 21 heavy (non-hydrogen) atoms. The Balaban J connectivity index is 1.78. The van der Waals surface area contributed by atoms with Gasteiger partial charge in [0.25, 0.3) is 0 Å². The summed E-state index contributed by atoms with van der Waals surface area (Å²) in [5.41, 5.74) is 3.36. The van der Waals surface area contributed by atoms with Crippen LogP contribution in [-0.2, 0) is 0 Å². The van der Waals surface area contributed by atoms with Crippen molar-refractivity contribution in [2.75, 3.05) is 31.5 Å². The van der Waals surface area contributed by atoms with E-state index in [1.807, 2.05) is 18.2 Å². The highest BCUT2D eigenvalue weighted by atomic mass is 16.5. The maximum Gasteiger partial charge on any atom is 0.181 e. The Morgan fingerprint density at radius 2 is 1.62 bits per heavy atom. The van der Waals surface area contributed by atoms with Crippen LogP contribution in [-0.4, -0.2) is 31.1 Å². The molecule has 4 heteroatoms. The molecule has 0 amide bonds. The molecular formula is C17H19N3O. The zero-order valence-corrected chi connectivity index (χ0v) is 11.9. The van der Waals surface area contributed by atoms with E-state index in [1.165, 1.54) is 5.56 Å². The molecule has 2 heterocycles. The summed E-state index contributed by atoms with van der Waals surface area (Å²) in [5.74, 6) is 0.914. The van der Waals surface area contributed by atoms with Crippen molar-refractivity contribution in [1.29, 1.82) is 0 Å². The molecule has 0 aromatic heterocycles. The topological polar surface area (TPSA) is 36.5 Å². The minimum atomic E-state index is -0.0283. The van der Waals surface area contributed by atoms with Crippen molar-refractivity contribution in [3.8, 4) is 5.75 Å². The first-order valence-corrected chi connectivity index (χ1v) is 7.48. The molecule has 2 aliphatic rings. The standard InChI is InChI=1S/C17H19N3O/c1-2-6-14-13(5-1)17(20-11-9-18-10-12-20)21-16-8-4-3-7-15(16)19-14/h1-8,17-19H,9-12H2. The van der Waals surface area contributed by atoms with Gasteiger partial charge >= 0.3 is 0 Å². The Morgan fingerprint density at radius 1 is 0.905 bits per heavy atom. The largest absolute Gasteiger partial charge is 0.469 e. The number of nitrogens with one attached hydrogen (secondary N) is 2. The molecule has 4 nitrogen and oxygen atoms in total. The van der Waals surface area contributed by atoms with Crippen LogP contribution in [0.25, 0.3) is 0 Å². The van der Waals surface area contributed by atoms with Crippen molar-refractivity contribution in [1.82, 2.24) is 10.2 Å². The maximum absolute atomic E-state index is 6.36. The lowest BCUT2D eigenvalue weighted by molar-refractivity contribution is 0.0172. The summed E-state index contributed by atoms with van der Waals surface area (Å²) in [6, 6.07) is 16.6. The van der Waals surface area contributed by atoms with E-state index in [9.17, 15) is 0 Å². The molecule has 0 aliphatic carbocycles. The molecule has 4 rings (SSSR count). The van der Waals surface area contributed by atoms with Gasteiger partial charge in [-0.05, 0) is 18.2 Å². The van der Waals surface area contributed by atoms with Gasteiger partial charge < -0.3 is 15.4 Å². The van der Waals surface area contributed by atoms with Crippen LogP contribution in [0, 0.1) is 0 Å². The lowest BCUT2D eigenvalue weighted by atomic mass is 10.1. The first-order chi connectivity index (χ1) is 10.4. The summed E-state index contributed by atoms with van der Waals surface area (Å²) in [4.78, 5) is 2.40. The monoisotopic (exact) mass is 281 g/mol. The zero-order chi connectivity index (χ0) is 14.1. The smallest absolute Gasteiger partial charge is 0.181 e. The van der Waals surface area contributed by atoms with Crippen molar-refractivity contribution in [3.63, 3.8) is 0 Å². The second kappa shape index (κ2) is 5.39. The lowest BCUT2D eigenvalue weighted by Crippen LogP contribution is -2.46. The van der Waals surface area contributed by atoms with Crippen molar-refractivity contribution in [2.45, 2.75) is 6.23 Å². The van der Waals surface area contributed by atoms with Gasteiger partial charge in [-0.1, -0.05) is 30.3 Å². The SMILES string of the molecule is c1ccc2c(c1)Nc1ccccc1C(N1CCNCC1)O2. The molecule has 1 atom stereocenters. The zero-order valence-electron chi connectivity index (χ0n) is 11.9. The first-order valence-electron chi connectivity index (χ1n) is 7.48. The summed E-state index contributed by atoms with van der Waals surface area (Å²) in [7, 11) is 0. The van der Waals surface area contributed by atoms with Gasteiger partial charge in [-0.3, -0.25) is 4.90 Å². The van der Waals surface area contributed by atoms with E-state index < -0.39 is 0 Å². The number of hydrogen-bond donors (Lipinski definition) is 2. The van der Waals surface area contributed by atoms with Crippen LogP contribution in [0.4, 0.5) is 11.4 Å². The summed E-state index contributed by atoms with van der Waals surface area (Å²) in [6.07, 6.45) is -0.0283. The van der Waals surface area contributed by atoms with Crippen LogP contribution < -0.4 is 15.4 Å². The molecule has 2 aromatic carbocycles. The van der Waals surface area contributed by atoms with Crippen LogP contribution in [0.5, 0.6) is 5.75 Å². The summed E-state index contributed by atoms with van der Waals surface area (Å²) < 4.78 is 6.36. The Hall–Kier alpha value is -2.04. The van der Waals surface area contributed by atoms with Crippen LogP contribution in [0.1, 0.15) is 11.8 Å². The van der Waals surface area contributed by atoms with E-state index in [4.69, 9.17) is 4.74 Å². The highest BCUT2D eigenvalue weighted by Gasteiger charge is 2.28. The lowest BCUT2D eigenvalue weighted by Gasteiger charge is -2.34. The van der Waals surface area contributed by atoms with E-state index in [0.29, 0.717) is 0 Å². The Kier molecular flexibility index (Phi) is 3.25. The minimum absolute atomic E-state index is 0.0283. The molecule has 1 unspecified atom stereocenters. The molecule has 108 valence electrons. The van der Waals surface area contributed by atoms with Crippen molar-refractivity contribution >= 4 is 11.4 Å². The molecule has 2 aliphatic heterocycles. The van der Waals surface area contributed by atoms with Crippen LogP contribution in [0.15, 0.2) is 48.5 Å². The fourth-order valence-corrected chi connectivity index (χ4v) is 3.02. The van der Waals surface area contributed by atoms with Gasteiger partial charge in [0.1, 0.15) is 5.75 Å². The number of piperazine rings is 1. The van der Waals surface area contributed by atoms with Crippen LogP contribution >= 0.6 is 0 Å². The highest BCUT2D eigenvalue weighted by molar-refractivity contribution is 5.70. The average Bonchev–Trinajstić information content (AvgIpc) is 2.72. The summed E-state index contributed by atoms with van der Waals surface area (Å²) in [5, 5.41) is 6.90. The number of nitrogens with zero attached hydrogens (tertiary/aromatic N) is 1. The van der Waals surface area contributed by atoms with Crippen LogP contribution in [0.2, 0.25) is 0 Å². The number of para-hydroxylation sites is 3. The molecule has 0 bridgehead atoms. The molecule has 0 saturated carbocycles. The summed E-state index contributed by atoms with van der Waals surface area (Å²) >= 11 is 0. The molecule has 1 saturated heterocycles. The van der Waals surface area contributed by atoms with Crippen molar-refractivity contribution in [2.24, 2.45) is 0 Å². The van der Waals surface area contributed by atoms with Gasteiger partial charge in [-0.25, -0.2) is 0 Å². The van der Waals surface area contributed by atoms with Crippen molar-refractivity contribution < 1.29 is 4.74 Å². The summed E-state index contributed by atoms with van der Waals surface area (Å²) in [6.45, 7) is 4.02. The third-order valence-electron chi connectivity index (χ3n) is 4.11.